The molecule has 5 atom stereocenters. The number of hydrogen-bond donors (Lipinski definition) is 1. The van der Waals surface area contributed by atoms with Crippen LogP contribution in [0.4, 0.5) is 0 Å². The number of imidazole rings is 1. The summed E-state index contributed by atoms with van der Waals surface area (Å²) in [5, 5.41) is 2.24. The first-order valence-electron chi connectivity index (χ1n) is 22.0. The number of esters is 1. The van der Waals surface area contributed by atoms with E-state index in [1.807, 2.05) is 84.5 Å². The molecule has 1 saturated heterocycles. The van der Waals surface area contributed by atoms with Crippen molar-refractivity contribution in [1.82, 2.24) is 24.2 Å². The van der Waals surface area contributed by atoms with Crippen molar-refractivity contribution >= 4 is 56.0 Å². The molecule has 15 heteroatoms. The average molecular weight is 884 g/mol. The summed E-state index contributed by atoms with van der Waals surface area (Å²) in [6, 6.07) is 15.2. The molecule has 2 saturated carbocycles. The molecular formula is C47H57N5O8S2. The Labute approximate surface area is 367 Å². The summed E-state index contributed by atoms with van der Waals surface area (Å²) in [7, 11) is -3.86. The van der Waals surface area contributed by atoms with Gasteiger partial charge in [-0.25, -0.2) is 13.4 Å². The third-order valence-electron chi connectivity index (χ3n) is 12.4. The lowest BCUT2D eigenvalue weighted by Gasteiger charge is -2.29. The highest BCUT2D eigenvalue weighted by Crippen LogP contribution is 2.57. The van der Waals surface area contributed by atoms with E-state index < -0.39 is 56.2 Å². The van der Waals surface area contributed by atoms with E-state index >= 15 is 0 Å². The number of carbonyl (C=O) groups excluding carboxylic acids is 4. The van der Waals surface area contributed by atoms with Crippen molar-refractivity contribution in [2.75, 3.05) is 6.54 Å². The standard InChI is InChI=1S/C47H57N5O8S2/c1-29(2)52-37-20-14-19-35(42-48-36(28-61-42)30-15-11-9-12-16-30)41(37)49-45(52)59-33-24-38-39(53)26-47(44(56)50-62(57,58)34-21-22-34)25-32(47)18-13-8-6-7-10-17-31(43(55)51(38)27-33)23-40(54)60-46(3,4)5/h9,11-16,18-20,28-29,31-34,38H,6-8,10,17,21-27H2,1-5H3,(H,50,56)/b18-13-/t31-,32-,33-,38+,47-/m1/s1. The molecule has 13 nitrogen and oxygen atoms in total. The largest absolute Gasteiger partial charge is 0.460 e. The first kappa shape index (κ1) is 43.7. The molecule has 1 N–H and O–H groups in total. The molecule has 0 radical (unpaired) electrons. The number of ether oxygens (including phenoxy) is 2. The number of Topliss-reactive ketones (excluding diaryl/α,β-unsaturated/α-hetero) is 1. The molecule has 0 spiro atoms. The normalized spacial score (nSPS) is 25.4. The van der Waals surface area contributed by atoms with Crippen LogP contribution in [-0.2, 0) is 33.9 Å². The van der Waals surface area contributed by atoms with Gasteiger partial charge in [0.05, 0.1) is 40.9 Å². The van der Waals surface area contributed by atoms with Crippen molar-refractivity contribution in [3.05, 3.63) is 66.1 Å². The highest BCUT2D eigenvalue weighted by Gasteiger charge is 2.61. The fourth-order valence-corrected chi connectivity index (χ4v) is 11.3. The van der Waals surface area contributed by atoms with E-state index in [0.717, 1.165) is 46.6 Å². The molecule has 2 aromatic heterocycles. The molecule has 2 aromatic carbocycles. The Balaban J connectivity index is 1.12. The summed E-state index contributed by atoms with van der Waals surface area (Å²) in [5.74, 6) is -2.89. The van der Waals surface area contributed by atoms with Gasteiger partial charge in [0.2, 0.25) is 21.8 Å². The van der Waals surface area contributed by atoms with Crippen LogP contribution in [-0.4, -0.2) is 81.0 Å². The second-order valence-corrected chi connectivity index (χ2v) is 21.6. The molecule has 2 amide bonds. The van der Waals surface area contributed by atoms with Crippen molar-refractivity contribution in [2.24, 2.45) is 17.3 Å². The van der Waals surface area contributed by atoms with Gasteiger partial charge in [0.25, 0.3) is 6.01 Å². The number of aromatic nitrogens is 3. The lowest BCUT2D eigenvalue weighted by molar-refractivity contribution is -0.159. The molecular weight excluding hydrogens is 827 g/mol. The van der Waals surface area contributed by atoms with E-state index in [1.54, 1.807) is 20.8 Å². The number of fused-ring (bicyclic) bond motifs is 3. The van der Waals surface area contributed by atoms with Gasteiger partial charge in [-0.05, 0) is 91.2 Å². The van der Waals surface area contributed by atoms with Crippen molar-refractivity contribution < 1.29 is 37.1 Å². The van der Waals surface area contributed by atoms with Crippen LogP contribution in [0.5, 0.6) is 6.01 Å². The summed E-state index contributed by atoms with van der Waals surface area (Å²) in [5.41, 5.74) is 2.31. The fraction of sp³-hybridized carbons (Fsp3) is 0.532. The monoisotopic (exact) mass is 883 g/mol. The SMILES string of the molecule is CC(C)n1c(O[C@@H]2C[C@H]3C(=O)C[C@]4(C(=O)NS(=O)(=O)C5CC5)C[C@H]4/C=C\CCCCC[C@H](CC(=O)OC(C)(C)C)C(=O)N3C2)nc2c(-c3nc(-c4ccccc4)cs3)cccc21. The molecule has 2 aliphatic carbocycles. The third kappa shape index (κ3) is 9.39. The zero-order valence-electron chi connectivity index (χ0n) is 36.2. The van der Waals surface area contributed by atoms with Crippen LogP contribution in [0.15, 0.2) is 66.1 Å². The number of thiazole rings is 1. The first-order chi connectivity index (χ1) is 29.5. The summed E-state index contributed by atoms with van der Waals surface area (Å²) < 4.78 is 42.8. The highest BCUT2D eigenvalue weighted by molar-refractivity contribution is 7.90. The topological polar surface area (TPSA) is 167 Å². The third-order valence-corrected chi connectivity index (χ3v) is 15.1. The molecule has 8 rings (SSSR count). The molecule has 4 aromatic rings. The Morgan fingerprint density at radius 3 is 2.50 bits per heavy atom. The number of sulfonamides is 1. The van der Waals surface area contributed by atoms with Crippen molar-refractivity contribution in [2.45, 2.75) is 134 Å². The van der Waals surface area contributed by atoms with Crippen molar-refractivity contribution in [1.29, 1.82) is 0 Å². The van der Waals surface area contributed by atoms with Gasteiger partial charge in [0.15, 0.2) is 5.78 Å². The van der Waals surface area contributed by atoms with Gasteiger partial charge in [0, 0.05) is 41.3 Å². The number of hydrogen-bond acceptors (Lipinski definition) is 11. The Morgan fingerprint density at radius 1 is 1.00 bits per heavy atom. The van der Waals surface area contributed by atoms with Crippen LogP contribution in [0.1, 0.15) is 111 Å². The summed E-state index contributed by atoms with van der Waals surface area (Å²) >= 11 is 1.53. The minimum Gasteiger partial charge on any atom is -0.460 e. The van der Waals surface area contributed by atoms with Crippen molar-refractivity contribution in [3.8, 4) is 27.8 Å². The molecule has 0 unspecified atom stereocenters. The van der Waals surface area contributed by atoms with E-state index in [-0.39, 0.29) is 49.5 Å². The summed E-state index contributed by atoms with van der Waals surface area (Å²) in [4.78, 5) is 68.4. The number of benzene rings is 2. The maximum Gasteiger partial charge on any atom is 0.307 e. The maximum absolute atomic E-state index is 14.8. The Morgan fingerprint density at radius 2 is 1.77 bits per heavy atom. The number of amides is 2. The van der Waals surface area contributed by atoms with Crippen LogP contribution >= 0.6 is 11.3 Å². The van der Waals surface area contributed by atoms with Gasteiger partial charge in [0.1, 0.15) is 22.2 Å². The molecule has 0 bridgehead atoms. The number of nitrogens with zero attached hydrogens (tertiary/aromatic N) is 4. The number of allylic oxidation sites excluding steroid dienone is 2. The quantitative estimate of drug-likeness (QED) is 0.121. The Hall–Kier alpha value is -4.89. The molecule has 62 heavy (non-hydrogen) atoms. The Kier molecular flexibility index (Phi) is 12.2. The summed E-state index contributed by atoms with van der Waals surface area (Å²) in [6.07, 6.45) is 7.89. The van der Waals surface area contributed by atoms with E-state index in [1.165, 1.54) is 16.2 Å². The van der Waals surface area contributed by atoms with E-state index in [0.29, 0.717) is 43.6 Å². The van der Waals surface area contributed by atoms with Crippen LogP contribution in [0, 0.1) is 17.3 Å². The molecule has 4 aliphatic rings. The number of rotatable bonds is 10. The zero-order chi connectivity index (χ0) is 44.0. The van der Waals surface area contributed by atoms with Gasteiger partial charge in [-0.1, -0.05) is 61.4 Å². The van der Waals surface area contributed by atoms with Gasteiger partial charge in [-0.2, -0.15) is 4.98 Å². The fourth-order valence-electron chi connectivity index (χ4n) is 9.04. The van der Waals surface area contributed by atoms with Crippen LogP contribution in [0.3, 0.4) is 0 Å². The van der Waals surface area contributed by atoms with Crippen LogP contribution in [0.2, 0.25) is 0 Å². The molecule has 3 fully saturated rings. The zero-order valence-corrected chi connectivity index (χ0v) is 37.8. The lowest BCUT2D eigenvalue weighted by atomic mass is 9.90. The van der Waals surface area contributed by atoms with Crippen molar-refractivity contribution in [3.63, 3.8) is 0 Å². The van der Waals surface area contributed by atoms with Gasteiger partial charge < -0.3 is 14.4 Å². The molecule has 330 valence electrons. The van der Waals surface area contributed by atoms with Crippen LogP contribution < -0.4 is 9.46 Å². The number of nitrogens with one attached hydrogen (secondary N) is 1. The number of para-hydroxylation sites is 1. The Bertz CT molecular complexity index is 2480. The van der Waals surface area contributed by atoms with Gasteiger partial charge in [-0.15, -0.1) is 11.3 Å². The minimum absolute atomic E-state index is 0.0553. The average Bonchev–Trinajstić information content (AvgIpc) is 4.03. The predicted octanol–water partition coefficient (Wildman–Crippen LogP) is 8.20. The maximum atomic E-state index is 14.8. The minimum atomic E-state index is -3.86. The predicted molar refractivity (Wildman–Crippen MR) is 238 cm³/mol. The summed E-state index contributed by atoms with van der Waals surface area (Å²) in [6.45, 7) is 9.49. The number of carbonyl (C=O) groups is 4. The van der Waals surface area contributed by atoms with Gasteiger partial charge in [-0.3, -0.25) is 28.5 Å². The van der Waals surface area contributed by atoms with Gasteiger partial charge >= 0.3 is 5.97 Å². The van der Waals surface area contributed by atoms with E-state index in [9.17, 15) is 27.6 Å². The first-order valence-corrected chi connectivity index (χ1v) is 24.4. The smallest absolute Gasteiger partial charge is 0.307 e. The molecule has 2 aliphatic heterocycles. The van der Waals surface area contributed by atoms with E-state index in [2.05, 4.69) is 4.72 Å². The lowest BCUT2D eigenvalue weighted by Crippen LogP contribution is -2.46. The number of ketones is 1. The second-order valence-electron chi connectivity index (χ2n) is 18.8. The van der Waals surface area contributed by atoms with Crippen LogP contribution in [0.25, 0.3) is 32.9 Å². The molecule has 4 heterocycles. The van der Waals surface area contributed by atoms with E-state index in [4.69, 9.17) is 19.4 Å². The highest BCUT2D eigenvalue weighted by atomic mass is 32.2. The second kappa shape index (κ2) is 17.3.